The van der Waals surface area contributed by atoms with E-state index in [2.05, 4.69) is 0 Å². The molecule has 0 unspecified atom stereocenters. The van der Waals surface area contributed by atoms with Crippen molar-refractivity contribution < 1.29 is 24.2 Å². The Morgan fingerprint density at radius 1 is 1.16 bits per heavy atom. The molecule has 1 aromatic rings. The van der Waals surface area contributed by atoms with Gasteiger partial charge in [0.25, 0.3) is 0 Å². The van der Waals surface area contributed by atoms with Gasteiger partial charge in [-0.15, -0.1) is 0 Å². The molecule has 31 heavy (non-hydrogen) atoms. The van der Waals surface area contributed by atoms with Crippen LogP contribution in [-0.2, 0) is 19.1 Å². The monoisotopic (exact) mass is 431 g/mol. The SMILES string of the molecule is CCOC(=O)[C@@H]1[C@@H](C(C)(C)C)[C@H](O)[C@H](c2ccccc2)N1C(=O)[C@H]1CCC[C@H](OC)C1. The van der Waals surface area contributed by atoms with Crippen LogP contribution in [0, 0.1) is 17.3 Å². The first-order chi connectivity index (χ1) is 14.7. The number of carbonyl (C=O) groups is 2. The summed E-state index contributed by atoms with van der Waals surface area (Å²) < 4.78 is 11.0. The van der Waals surface area contributed by atoms with Crippen LogP contribution in [0.1, 0.15) is 65.0 Å². The lowest BCUT2D eigenvalue weighted by atomic mass is 9.73. The molecule has 1 heterocycles. The van der Waals surface area contributed by atoms with Crippen LogP contribution < -0.4 is 0 Å². The van der Waals surface area contributed by atoms with E-state index in [4.69, 9.17) is 9.47 Å². The van der Waals surface area contributed by atoms with Gasteiger partial charge < -0.3 is 19.5 Å². The quantitative estimate of drug-likeness (QED) is 0.719. The number of ether oxygens (including phenoxy) is 2. The molecule has 1 saturated carbocycles. The van der Waals surface area contributed by atoms with Gasteiger partial charge in [-0.2, -0.15) is 0 Å². The number of hydrogen-bond acceptors (Lipinski definition) is 5. The summed E-state index contributed by atoms with van der Waals surface area (Å²) in [6, 6.07) is 8.13. The van der Waals surface area contributed by atoms with E-state index < -0.39 is 35.5 Å². The Hall–Kier alpha value is -1.92. The Kier molecular flexibility index (Phi) is 7.43. The summed E-state index contributed by atoms with van der Waals surface area (Å²) in [5.41, 5.74) is 0.434. The normalized spacial score (nSPS) is 31.5. The third kappa shape index (κ3) is 4.80. The van der Waals surface area contributed by atoms with Gasteiger partial charge in [-0.25, -0.2) is 4.79 Å². The number of rotatable bonds is 5. The van der Waals surface area contributed by atoms with E-state index >= 15 is 0 Å². The second-order valence-corrected chi connectivity index (χ2v) is 9.90. The summed E-state index contributed by atoms with van der Waals surface area (Å²) in [5, 5.41) is 11.5. The number of aliphatic hydroxyl groups is 1. The zero-order valence-electron chi connectivity index (χ0n) is 19.4. The second-order valence-electron chi connectivity index (χ2n) is 9.90. The number of methoxy groups -OCH3 is 1. The summed E-state index contributed by atoms with van der Waals surface area (Å²) in [4.78, 5) is 28.8. The Morgan fingerprint density at radius 3 is 2.42 bits per heavy atom. The Balaban J connectivity index is 2.07. The predicted molar refractivity (Wildman–Crippen MR) is 118 cm³/mol. The van der Waals surface area contributed by atoms with Crippen molar-refractivity contribution in [3.05, 3.63) is 35.9 Å². The first-order valence-corrected chi connectivity index (χ1v) is 11.4. The third-order valence-electron chi connectivity index (χ3n) is 6.86. The van der Waals surface area contributed by atoms with Gasteiger partial charge in [0, 0.05) is 18.9 Å². The van der Waals surface area contributed by atoms with E-state index in [0.29, 0.717) is 6.42 Å². The van der Waals surface area contributed by atoms with Crippen LogP contribution in [0.25, 0.3) is 0 Å². The van der Waals surface area contributed by atoms with E-state index in [1.165, 1.54) is 0 Å². The fourth-order valence-corrected chi connectivity index (χ4v) is 5.44. The molecule has 0 bridgehead atoms. The van der Waals surface area contributed by atoms with E-state index in [9.17, 15) is 14.7 Å². The number of benzene rings is 1. The Labute approximate surface area is 185 Å². The highest BCUT2D eigenvalue weighted by Crippen LogP contribution is 2.49. The fourth-order valence-electron chi connectivity index (χ4n) is 5.44. The van der Waals surface area contributed by atoms with Gasteiger partial charge in [-0.3, -0.25) is 4.79 Å². The van der Waals surface area contributed by atoms with E-state index in [1.54, 1.807) is 18.9 Å². The van der Waals surface area contributed by atoms with E-state index in [-0.39, 0.29) is 24.5 Å². The molecule has 1 N–H and O–H groups in total. The number of carbonyl (C=O) groups excluding carboxylic acids is 2. The lowest BCUT2D eigenvalue weighted by molar-refractivity contribution is -0.159. The van der Waals surface area contributed by atoms with Crippen LogP contribution >= 0.6 is 0 Å². The number of aliphatic hydroxyl groups excluding tert-OH is 1. The molecule has 2 fully saturated rings. The molecule has 0 spiro atoms. The number of nitrogens with zero attached hydrogens (tertiary/aromatic N) is 1. The number of amides is 1. The molecule has 0 aromatic heterocycles. The van der Waals surface area contributed by atoms with Crippen molar-refractivity contribution in [1.82, 2.24) is 4.90 Å². The Bertz CT molecular complexity index is 759. The topological polar surface area (TPSA) is 76.1 Å². The number of hydrogen-bond donors (Lipinski definition) is 1. The molecule has 6 heteroatoms. The summed E-state index contributed by atoms with van der Waals surface area (Å²) in [6.07, 6.45) is 2.43. The van der Waals surface area contributed by atoms with Gasteiger partial charge in [-0.1, -0.05) is 57.5 Å². The molecule has 1 saturated heterocycles. The molecular weight excluding hydrogens is 394 g/mol. The van der Waals surface area contributed by atoms with Gasteiger partial charge in [0.15, 0.2) is 0 Å². The minimum atomic E-state index is -0.873. The highest BCUT2D eigenvalue weighted by Gasteiger charge is 2.58. The average Bonchev–Trinajstić information content (AvgIpc) is 3.07. The smallest absolute Gasteiger partial charge is 0.329 e. The zero-order chi connectivity index (χ0) is 22.8. The first-order valence-electron chi connectivity index (χ1n) is 11.4. The molecule has 172 valence electrons. The first kappa shape index (κ1) is 23.7. The summed E-state index contributed by atoms with van der Waals surface area (Å²) in [6.45, 7) is 8.01. The average molecular weight is 432 g/mol. The van der Waals surface area contributed by atoms with Crippen molar-refractivity contribution in [2.45, 2.75) is 77.7 Å². The van der Waals surface area contributed by atoms with Crippen LogP contribution in [0.5, 0.6) is 0 Å². The number of likely N-dealkylation sites (tertiary alicyclic amines) is 1. The fraction of sp³-hybridized carbons (Fsp3) is 0.680. The largest absolute Gasteiger partial charge is 0.464 e. The molecule has 2 aliphatic rings. The predicted octanol–water partition coefficient (Wildman–Crippen LogP) is 3.73. The highest BCUT2D eigenvalue weighted by atomic mass is 16.5. The highest BCUT2D eigenvalue weighted by molar-refractivity contribution is 5.88. The maximum atomic E-state index is 13.9. The Morgan fingerprint density at radius 2 is 1.84 bits per heavy atom. The lowest BCUT2D eigenvalue weighted by Crippen LogP contribution is -2.50. The van der Waals surface area contributed by atoms with Crippen molar-refractivity contribution in [2.75, 3.05) is 13.7 Å². The minimum absolute atomic E-state index is 0.0462. The second kappa shape index (κ2) is 9.70. The van der Waals surface area contributed by atoms with Crippen molar-refractivity contribution in [3.8, 4) is 0 Å². The van der Waals surface area contributed by atoms with Crippen LogP contribution in [0.15, 0.2) is 30.3 Å². The summed E-state index contributed by atoms with van der Waals surface area (Å²) >= 11 is 0. The van der Waals surface area contributed by atoms with Crippen LogP contribution in [0.3, 0.4) is 0 Å². The molecule has 1 aliphatic carbocycles. The van der Waals surface area contributed by atoms with Gasteiger partial charge in [0.05, 0.1) is 24.9 Å². The van der Waals surface area contributed by atoms with Crippen LogP contribution in [0.4, 0.5) is 0 Å². The molecule has 1 amide bonds. The molecule has 0 radical (unpaired) electrons. The third-order valence-corrected chi connectivity index (χ3v) is 6.86. The number of esters is 1. The molecular formula is C25H37NO5. The zero-order valence-corrected chi connectivity index (χ0v) is 19.4. The molecule has 6 atom stereocenters. The van der Waals surface area contributed by atoms with Gasteiger partial charge in [-0.05, 0) is 37.2 Å². The van der Waals surface area contributed by atoms with Crippen molar-refractivity contribution in [1.29, 1.82) is 0 Å². The molecule has 3 rings (SSSR count). The van der Waals surface area contributed by atoms with Gasteiger partial charge >= 0.3 is 5.97 Å². The van der Waals surface area contributed by atoms with E-state index in [1.807, 2.05) is 51.1 Å². The molecule has 6 nitrogen and oxygen atoms in total. The van der Waals surface area contributed by atoms with Crippen LogP contribution in [-0.4, -0.2) is 53.8 Å². The van der Waals surface area contributed by atoms with Gasteiger partial charge in [0.2, 0.25) is 5.91 Å². The van der Waals surface area contributed by atoms with Crippen molar-refractivity contribution >= 4 is 11.9 Å². The molecule has 1 aliphatic heterocycles. The summed E-state index contributed by atoms with van der Waals surface area (Å²) in [5.74, 6) is -1.19. The minimum Gasteiger partial charge on any atom is -0.464 e. The van der Waals surface area contributed by atoms with Gasteiger partial charge in [0.1, 0.15) is 6.04 Å². The summed E-state index contributed by atoms with van der Waals surface area (Å²) in [7, 11) is 1.68. The maximum Gasteiger partial charge on any atom is 0.329 e. The van der Waals surface area contributed by atoms with E-state index in [0.717, 1.165) is 24.8 Å². The maximum absolute atomic E-state index is 13.9. The lowest BCUT2D eigenvalue weighted by Gasteiger charge is -2.37. The van der Waals surface area contributed by atoms with Crippen molar-refractivity contribution in [2.24, 2.45) is 17.3 Å². The molecule has 1 aromatic carbocycles. The van der Waals surface area contributed by atoms with Crippen LogP contribution in [0.2, 0.25) is 0 Å². The standard InChI is InChI=1S/C25H37NO5/c1-6-31-24(29)21-19(25(2,3)4)22(27)20(16-11-8-7-9-12-16)26(21)23(28)17-13-10-14-18(15-17)30-5/h7-9,11-12,17-22,27H,6,10,13-15H2,1-5H3/t17-,18-,19+,20-,21-,22-/m0/s1. The van der Waals surface area contributed by atoms with Crippen molar-refractivity contribution in [3.63, 3.8) is 0 Å².